The number of nitrogens with zero attached hydrogens (tertiary/aromatic N) is 3. The van der Waals surface area contributed by atoms with Crippen molar-refractivity contribution in [2.24, 2.45) is 0 Å². The third kappa shape index (κ3) is 3.41. The predicted molar refractivity (Wildman–Crippen MR) is 84.5 cm³/mol. The van der Waals surface area contributed by atoms with Gasteiger partial charge in [0.15, 0.2) is 6.10 Å². The zero-order valence-corrected chi connectivity index (χ0v) is 14.0. The molecule has 146 valence electrons. The lowest BCUT2D eigenvalue weighted by molar-refractivity contribution is -0.215. The van der Waals surface area contributed by atoms with Gasteiger partial charge in [0, 0.05) is 11.1 Å². The molecule has 0 saturated carbocycles. The highest BCUT2D eigenvalue weighted by atomic mass is 19.1. The molecule has 3 rings (SSSR count). The Morgan fingerprint density at radius 1 is 1.26 bits per heavy atom. The summed E-state index contributed by atoms with van der Waals surface area (Å²) in [7, 11) is 0. The van der Waals surface area contributed by atoms with E-state index in [9.17, 15) is 28.9 Å². The van der Waals surface area contributed by atoms with E-state index in [0.29, 0.717) is 0 Å². The van der Waals surface area contributed by atoms with E-state index in [1.54, 1.807) is 0 Å². The van der Waals surface area contributed by atoms with E-state index in [4.69, 9.17) is 9.84 Å². The molecule has 0 unspecified atom stereocenters. The minimum absolute atomic E-state index is 0.0473. The molecule has 0 amide bonds. The van der Waals surface area contributed by atoms with Gasteiger partial charge in [-0.05, 0) is 19.1 Å². The van der Waals surface area contributed by atoms with Crippen LogP contribution in [0.2, 0.25) is 0 Å². The normalized spacial score (nSPS) is 28.3. The van der Waals surface area contributed by atoms with Gasteiger partial charge >= 0.3 is 5.97 Å². The molecule has 11 heteroatoms. The molecule has 9 nitrogen and oxygen atoms in total. The fraction of sp³-hybridized carbons (Fsp3) is 0.438. The lowest BCUT2D eigenvalue weighted by Crippen LogP contribution is -2.58. The minimum atomic E-state index is -1.71. The molecule has 1 aliphatic rings. The summed E-state index contributed by atoms with van der Waals surface area (Å²) >= 11 is 0. The van der Waals surface area contributed by atoms with Crippen molar-refractivity contribution in [1.82, 2.24) is 15.0 Å². The van der Waals surface area contributed by atoms with Gasteiger partial charge in [-0.25, -0.2) is 18.3 Å². The molecule has 1 aliphatic heterocycles. The van der Waals surface area contributed by atoms with Crippen LogP contribution in [0.1, 0.15) is 11.6 Å². The Labute approximate surface area is 151 Å². The Morgan fingerprint density at radius 2 is 1.89 bits per heavy atom. The molecule has 0 bridgehead atoms. The summed E-state index contributed by atoms with van der Waals surface area (Å²) in [5.41, 5.74) is -0.0333. The number of rotatable bonds is 4. The number of carbonyl (C=O) groups is 1. The number of hydrogen-bond acceptors (Lipinski definition) is 7. The summed E-state index contributed by atoms with van der Waals surface area (Å²) in [6.45, 7) is 0.589. The maximum absolute atomic E-state index is 13.8. The number of aliphatic hydroxyl groups is 3. The van der Waals surface area contributed by atoms with Crippen molar-refractivity contribution in [3.05, 3.63) is 35.5 Å². The summed E-state index contributed by atoms with van der Waals surface area (Å²) < 4.78 is 33.5. The van der Waals surface area contributed by atoms with Crippen LogP contribution in [0.4, 0.5) is 8.78 Å². The molecule has 5 atom stereocenters. The van der Waals surface area contributed by atoms with Crippen LogP contribution in [0.25, 0.3) is 11.3 Å². The number of benzene rings is 1. The van der Waals surface area contributed by atoms with E-state index in [2.05, 4.69) is 10.3 Å². The van der Waals surface area contributed by atoms with E-state index in [-0.39, 0.29) is 16.8 Å². The van der Waals surface area contributed by atoms with E-state index < -0.39 is 54.7 Å². The number of aliphatic carboxylic acids is 1. The number of hydrogen-bond donors (Lipinski definition) is 4. The first-order valence-corrected chi connectivity index (χ1v) is 7.97. The van der Waals surface area contributed by atoms with Crippen LogP contribution in [0.3, 0.4) is 0 Å². The van der Waals surface area contributed by atoms with Crippen molar-refractivity contribution in [3.8, 4) is 11.3 Å². The second-order valence-electron chi connectivity index (χ2n) is 6.24. The lowest BCUT2D eigenvalue weighted by atomic mass is 9.92. The third-order valence-corrected chi connectivity index (χ3v) is 4.53. The summed E-state index contributed by atoms with van der Waals surface area (Å²) in [5, 5.41) is 46.6. The Kier molecular flexibility index (Phi) is 5.20. The maximum Gasteiger partial charge on any atom is 0.335 e. The van der Waals surface area contributed by atoms with E-state index in [1.165, 1.54) is 13.1 Å². The molecule has 1 fully saturated rings. The van der Waals surface area contributed by atoms with Crippen LogP contribution in [-0.4, -0.2) is 72.4 Å². The minimum Gasteiger partial charge on any atom is -0.479 e. The van der Waals surface area contributed by atoms with Gasteiger partial charge in [0.25, 0.3) is 0 Å². The fourth-order valence-electron chi connectivity index (χ4n) is 2.97. The number of carboxylic acids is 1. The second-order valence-corrected chi connectivity index (χ2v) is 6.24. The molecule has 1 aromatic heterocycles. The third-order valence-electron chi connectivity index (χ3n) is 4.53. The zero-order valence-electron chi connectivity index (χ0n) is 14.0. The van der Waals surface area contributed by atoms with Crippen molar-refractivity contribution < 1.29 is 38.7 Å². The number of aliphatic hydroxyl groups excluding tert-OH is 3. The Bertz CT molecular complexity index is 837. The molecule has 27 heavy (non-hydrogen) atoms. The number of carboxylic acid groups (broad SMARTS) is 1. The average Bonchev–Trinajstić information content (AvgIpc) is 3.09. The Morgan fingerprint density at radius 3 is 2.44 bits per heavy atom. The highest BCUT2D eigenvalue weighted by Gasteiger charge is 2.48. The molecule has 4 N–H and O–H groups in total. The van der Waals surface area contributed by atoms with Crippen LogP contribution in [-0.2, 0) is 9.53 Å². The van der Waals surface area contributed by atoms with Crippen molar-refractivity contribution in [1.29, 1.82) is 0 Å². The second kappa shape index (κ2) is 7.27. The topological polar surface area (TPSA) is 138 Å². The number of aromatic nitrogens is 3. The summed E-state index contributed by atoms with van der Waals surface area (Å²) in [5.74, 6) is -3.05. The van der Waals surface area contributed by atoms with Gasteiger partial charge in [0.05, 0.1) is 12.8 Å². The number of ether oxygens (including phenoxy) is 1. The van der Waals surface area contributed by atoms with E-state index in [1.807, 2.05) is 0 Å². The fourth-order valence-corrected chi connectivity index (χ4v) is 2.97. The first kappa shape index (κ1) is 19.3. The van der Waals surface area contributed by atoms with Crippen LogP contribution >= 0.6 is 0 Å². The molecule has 0 aliphatic carbocycles. The highest BCUT2D eigenvalue weighted by molar-refractivity contribution is 5.73. The van der Waals surface area contributed by atoms with Crippen LogP contribution < -0.4 is 0 Å². The van der Waals surface area contributed by atoms with Crippen molar-refractivity contribution >= 4 is 5.97 Å². The average molecular weight is 385 g/mol. The molecule has 0 radical (unpaired) electrons. The Balaban J connectivity index is 1.97. The first-order valence-electron chi connectivity index (χ1n) is 7.97. The zero-order chi connectivity index (χ0) is 19.9. The quantitative estimate of drug-likeness (QED) is 0.560. The lowest BCUT2D eigenvalue weighted by Gasteiger charge is -2.40. The van der Waals surface area contributed by atoms with Crippen LogP contribution in [0.15, 0.2) is 18.3 Å². The van der Waals surface area contributed by atoms with Gasteiger partial charge < -0.3 is 25.2 Å². The largest absolute Gasteiger partial charge is 0.479 e. The number of halogens is 2. The van der Waals surface area contributed by atoms with E-state index >= 15 is 0 Å². The molecule has 1 saturated heterocycles. The Hall–Kier alpha value is -2.47. The molecule has 0 spiro atoms. The highest BCUT2D eigenvalue weighted by Crippen LogP contribution is 2.31. The predicted octanol–water partition coefficient (Wildman–Crippen LogP) is -0.361. The van der Waals surface area contributed by atoms with E-state index in [0.717, 1.165) is 16.8 Å². The van der Waals surface area contributed by atoms with Crippen LogP contribution in [0.5, 0.6) is 0 Å². The van der Waals surface area contributed by atoms with Gasteiger partial charge in [0.1, 0.15) is 41.7 Å². The molecule has 2 aromatic rings. The monoisotopic (exact) mass is 385 g/mol. The molecule has 2 heterocycles. The standard InChI is InChI=1S/C16H17F2N3O6/c1-6-8(17)2-7(3-9(6)18)10-4-21(20-19-10)12-13(23)11(5-22)27-15(14(12)24)16(25)26/h2-4,11-15,22-24H,5H2,1H3,(H,25,26)/t11-,12+,13+,14-,15-/m1/s1. The SMILES string of the molecule is Cc1c(F)cc(-c2cn([C@H]3[C@@H](O)[C@@H](CO)O[C@@H](C(=O)O)[C@@H]3O)nn2)cc1F. The van der Waals surface area contributed by atoms with Gasteiger partial charge in [-0.1, -0.05) is 5.21 Å². The summed E-state index contributed by atoms with van der Waals surface area (Å²) in [6, 6.07) is 0.804. The van der Waals surface area contributed by atoms with Gasteiger partial charge in [-0.2, -0.15) is 0 Å². The molecule has 1 aromatic carbocycles. The van der Waals surface area contributed by atoms with Crippen molar-refractivity contribution in [3.63, 3.8) is 0 Å². The molecular weight excluding hydrogens is 368 g/mol. The first-order chi connectivity index (χ1) is 12.7. The molecular formula is C16H17F2N3O6. The van der Waals surface area contributed by atoms with Crippen LogP contribution in [0, 0.1) is 18.6 Å². The van der Waals surface area contributed by atoms with Crippen molar-refractivity contribution in [2.45, 2.75) is 37.4 Å². The van der Waals surface area contributed by atoms with Gasteiger partial charge in [0.2, 0.25) is 0 Å². The van der Waals surface area contributed by atoms with Gasteiger partial charge in [-0.15, -0.1) is 5.10 Å². The maximum atomic E-state index is 13.8. The smallest absolute Gasteiger partial charge is 0.335 e. The summed E-state index contributed by atoms with van der Waals surface area (Å²) in [4.78, 5) is 11.3. The van der Waals surface area contributed by atoms with Gasteiger partial charge in [-0.3, -0.25) is 0 Å². The summed E-state index contributed by atoms with van der Waals surface area (Å²) in [6.07, 6.45) is -4.99. The van der Waals surface area contributed by atoms with Crippen molar-refractivity contribution in [2.75, 3.05) is 6.61 Å².